The highest BCUT2D eigenvalue weighted by molar-refractivity contribution is 6.01. The van der Waals surface area contributed by atoms with Crippen LogP contribution in [0.2, 0.25) is 0 Å². The number of hydrogen-bond donors (Lipinski definition) is 10. The lowest BCUT2D eigenvalue weighted by atomic mass is 9.95. The van der Waals surface area contributed by atoms with E-state index in [1.54, 1.807) is 109 Å². The molecule has 0 aliphatic rings. The fraction of sp³-hybridized carbons (Fsp3) is 0.619. The molecule has 12 N–H and O–H groups in total. The van der Waals surface area contributed by atoms with Gasteiger partial charge in [0, 0.05) is 81.8 Å². The zero-order valence-corrected chi connectivity index (χ0v) is 93.2. The van der Waals surface area contributed by atoms with Crippen LogP contribution in [0.5, 0.6) is 34.5 Å². The molecule has 8 amide bonds. The summed E-state index contributed by atoms with van der Waals surface area (Å²) in [5, 5.41) is 17.2. The van der Waals surface area contributed by atoms with Gasteiger partial charge in [0.25, 0.3) is 35.4 Å². The number of carbonyl (C=O) groups excluding carboxylic acids is 8. The van der Waals surface area contributed by atoms with Crippen molar-refractivity contribution < 1.29 is 66.8 Å². The van der Waals surface area contributed by atoms with Crippen molar-refractivity contribution >= 4 is 47.3 Å². The predicted octanol–water partition coefficient (Wildman–Crippen LogP) is 27.7. The zero-order valence-electron chi connectivity index (χ0n) is 93.2. The molecule has 0 fully saturated rings. The molecule has 6 aromatic rings. The van der Waals surface area contributed by atoms with Crippen LogP contribution in [0, 0.1) is 23.7 Å². The highest BCUT2D eigenvalue weighted by atomic mass is 16.5. The normalized spacial score (nSPS) is 11.0. The molecule has 0 saturated carbocycles. The van der Waals surface area contributed by atoms with E-state index >= 15 is 0 Å². The van der Waals surface area contributed by atoms with Gasteiger partial charge in [-0.15, -0.1) is 0 Å². The molecule has 0 atom stereocenters. The average Bonchev–Trinajstić information content (AvgIpc) is 0.712. The Kier molecular flexibility index (Phi) is 71.9. The van der Waals surface area contributed by atoms with Gasteiger partial charge in [0.2, 0.25) is 23.3 Å². The first-order chi connectivity index (χ1) is 73.5. The van der Waals surface area contributed by atoms with Crippen LogP contribution in [0.4, 0.5) is 0 Å². The first-order valence-corrected chi connectivity index (χ1v) is 58.9. The van der Waals surface area contributed by atoms with Crippen molar-refractivity contribution in [3.05, 3.63) is 165 Å². The first-order valence-electron chi connectivity index (χ1n) is 58.9. The molecule has 24 nitrogen and oxygen atoms in total. The number of amides is 8. The molecule has 0 aliphatic heterocycles. The molecule has 0 heterocycles. The van der Waals surface area contributed by atoms with Gasteiger partial charge in [-0.3, -0.25) is 49.2 Å². The van der Waals surface area contributed by atoms with Crippen LogP contribution in [-0.2, 0) is 9.59 Å². The van der Waals surface area contributed by atoms with Crippen molar-refractivity contribution in [3.8, 4) is 69.3 Å². The number of carbonyl (C=O) groups is 8. The monoisotopic (exact) mass is 2070 g/mol. The Morgan fingerprint density at radius 2 is 0.407 bits per heavy atom. The Balaban J connectivity index is 1.20. The second kappa shape index (κ2) is 84.5. The van der Waals surface area contributed by atoms with Crippen molar-refractivity contribution in [1.82, 2.24) is 42.8 Å². The maximum Gasteiger partial charge on any atom is 0.265 e. The molecule has 6 rings (SSSR count). The van der Waals surface area contributed by atoms with E-state index < -0.39 is 60.3 Å². The van der Waals surface area contributed by atoms with Crippen molar-refractivity contribution in [1.29, 1.82) is 0 Å². The highest BCUT2D eigenvalue weighted by Gasteiger charge is 2.24. The van der Waals surface area contributed by atoms with Crippen LogP contribution in [0.25, 0.3) is 11.1 Å². The van der Waals surface area contributed by atoms with Gasteiger partial charge in [-0.1, -0.05) is 412 Å². The third-order valence-electron chi connectivity index (χ3n) is 27.3. The Bertz CT molecular complexity index is 4470. The number of ether oxygens (including phenoxy) is 6. The quantitative estimate of drug-likeness (QED) is 0.00557. The summed E-state index contributed by atoms with van der Waals surface area (Å²) in [6.07, 6.45) is 71.3. The number of nitrogens with two attached hydrogens (primary N) is 2. The summed E-state index contributed by atoms with van der Waals surface area (Å²) < 4.78 is 39.7. The second-order valence-corrected chi connectivity index (χ2v) is 40.6. The van der Waals surface area contributed by atoms with Crippen molar-refractivity contribution in [2.75, 3.05) is 78.9 Å². The van der Waals surface area contributed by atoms with E-state index in [-0.39, 0.29) is 37.3 Å². The van der Waals surface area contributed by atoms with Crippen molar-refractivity contribution in [3.63, 3.8) is 0 Å². The summed E-state index contributed by atoms with van der Waals surface area (Å²) in [7, 11) is 0. The molecule has 24 heteroatoms. The van der Waals surface area contributed by atoms with Crippen LogP contribution < -0.4 is 82.9 Å². The summed E-state index contributed by atoms with van der Waals surface area (Å²) in [5.41, 5.74) is 8.32. The summed E-state index contributed by atoms with van der Waals surface area (Å²) in [6.45, 7) is 15.5. The lowest BCUT2D eigenvalue weighted by Gasteiger charge is -2.19. The second-order valence-electron chi connectivity index (χ2n) is 40.6. The number of nitrogen functional groups attached to an aromatic ring is 2. The minimum Gasteiger partial charge on any atom is -0.490 e. The van der Waals surface area contributed by atoms with Crippen LogP contribution in [-0.4, -0.2) is 126 Å². The average molecular weight is 2070 g/mol. The van der Waals surface area contributed by atoms with E-state index in [1.165, 1.54) is 270 Å². The Hall–Kier alpha value is -11.1. The molecular formula is C126H192N10O14. The lowest BCUT2D eigenvalue weighted by molar-refractivity contribution is -0.120. The summed E-state index contributed by atoms with van der Waals surface area (Å²) in [5.74, 6) is 22.2. The fourth-order valence-electron chi connectivity index (χ4n) is 18.2. The zero-order chi connectivity index (χ0) is 107. The van der Waals surface area contributed by atoms with Gasteiger partial charge >= 0.3 is 0 Å². The number of nitrogens with one attached hydrogen (secondary N) is 8. The third kappa shape index (κ3) is 58.0. The van der Waals surface area contributed by atoms with Gasteiger partial charge in [-0.25, -0.2) is 11.7 Å². The van der Waals surface area contributed by atoms with Gasteiger partial charge in [0.15, 0.2) is 23.0 Å². The molecule has 830 valence electrons. The van der Waals surface area contributed by atoms with E-state index in [4.69, 9.17) is 40.1 Å². The summed E-state index contributed by atoms with van der Waals surface area (Å²) in [6, 6.07) is 29.7. The Labute approximate surface area is 903 Å². The molecule has 0 aliphatic carbocycles. The third-order valence-corrected chi connectivity index (χ3v) is 27.3. The molecule has 150 heavy (non-hydrogen) atoms. The first kappa shape index (κ1) is 128. The topological polar surface area (TPSA) is 340 Å². The van der Waals surface area contributed by atoms with Crippen LogP contribution in [0.3, 0.4) is 0 Å². The molecule has 0 radical (unpaired) electrons. The molecule has 6 aromatic carbocycles. The number of hydrazine groups is 2. The number of hydrogen-bond acceptors (Lipinski definition) is 16. The van der Waals surface area contributed by atoms with E-state index in [1.807, 2.05) is 0 Å². The van der Waals surface area contributed by atoms with Crippen LogP contribution >= 0.6 is 0 Å². The molecule has 0 unspecified atom stereocenters. The van der Waals surface area contributed by atoms with Gasteiger partial charge in [-0.2, -0.15) is 0 Å². The summed E-state index contributed by atoms with van der Waals surface area (Å²) >= 11 is 0. The minimum atomic E-state index is -0.642. The number of unbranched alkanes of at least 4 members (excludes halogenated alkanes) is 54. The number of benzene rings is 6. The maximum atomic E-state index is 14.6. The van der Waals surface area contributed by atoms with Crippen LogP contribution in [0.1, 0.15) is 511 Å². The molecule has 0 saturated heterocycles. The highest BCUT2D eigenvalue weighted by Crippen LogP contribution is 2.42. The molecular weight excluding hydrogens is 1880 g/mol. The van der Waals surface area contributed by atoms with E-state index in [0.717, 1.165) is 116 Å². The van der Waals surface area contributed by atoms with Gasteiger partial charge in [-0.05, 0) is 159 Å². The van der Waals surface area contributed by atoms with E-state index in [0.29, 0.717) is 130 Å². The lowest BCUT2D eigenvalue weighted by Crippen LogP contribution is -2.40. The standard InChI is InChI=1S/C126H192N10O14/c1-7-13-19-25-31-37-43-49-55-61-83-145-113-95-111(96-114(146-84-62-56-50-44-38-32-26-20-14-8-2)119(113)149-87-65-59-53-47-41-35-29-23-17-11-5)121(139)131-81-79-129-117(137)99-133-123(141)109-91-103(69-67-101-71-75-105(76-72-101)125(143)135-127)89-107(93-109)108-90-104(70-68-102-73-77-106(78-74-102)126(144)136-128)92-110(94-108)124(142)134-100-118(138)130-80-82-132-122(140)112-97-115(147-85-63-57-51-45-39-33-27-21-15-9-3)120(150-88-66-60-54-48-42-36-30-24-18-12-6)116(98-112)148-86-64-58-52-46-40-34-28-22-16-10-4/h71-78,89-98H,7-66,79-88,99-100,127-128H2,1-6H3,(H,129,137)(H,130,138)(H,131,139)(H,132,140)(H,133,141)(H,134,142)(H,135,143)(H,136,144). The predicted molar refractivity (Wildman–Crippen MR) is 612 cm³/mol. The van der Waals surface area contributed by atoms with E-state index in [9.17, 15) is 38.4 Å². The van der Waals surface area contributed by atoms with Crippen LogP contribution in [0.15, 0.2) is 109 Å². The Morgan fingerprint density at radius 3 is 0.640 bits per heavy atom. The maximum absolute atomic E-state index is 14.6. The molecule has 0 aromatic heterocycles. The fourth-order valence-corrected chi connectivity index (χ4v) is 18.2. The Morgan fingerprint density at radius 1 is 0.207 bits per heavy atom. The number of rotatable bonds is 89. The van der Waals surface area contributed by atoms with E-state index in [2.05, 4.69) is 108 Å². The van der Waals surface area contributed by atoms with Crippen molar-refractivity contribution in [2.24, 2.45) is 11.7 Å². The molecule has 0 spiro atoms. The smallest absolute Gasteiger partial charge is 0.265 e. The largest absolute Gasteiger partial charge is 0.490 e. The van der Waals surface area contributed by atoms with Crippen molar-refractivity contribution in [2.45, 2.75) is 427 Å². The molecule has 0 bridgehead atoms. The van der Waals surface area contributed by atoms with Gasteiger partial charge in [0.05, 0.1) is 52.7 Å². The van der Waals surface area contributed by atoms with Gasteiger partial charge < -0.3 is 60.3 Å². The van der Waals surface area contributed by atoms with Gasteiger partial charge in [0.1, 0.15) is 0 Å². The summed E-state index contributed by atoms with van der Waals surface area (Å²) in [4.78, 5) is 110. The SMILES string of the molecule is CCCCCCCCCCCCOc1cc(C(=O)NCCNC(=O)CNC(=O)c2cc(C#Cc3ccc(C(=O)NN)cc3)cc(-c3cc(C#Cc4ccc(C(=O)NN)cc4)cc(C(=O)NCC(=O)NCCNC(=O)c4cc(OCCCCCCCCCCCC)c(OCCCCCCCCCCCC)c(OCCCCCCCCCCCC)c4)c3)c2)cc(OCCCCCCCCCCCC)c1OCCCCCCCCCCCC. The minimum absolute atomic E-state index is 0.0222.